The maximum Gasteiger partial charge on any atom is 0.342 e. The quantitative estimate of drug-likeness (QED) is 0.313. The van der Waals surface area contributed by atoms with Crippen LogP contribution in [-0.2, 0) is 16.0 Å². The van der Waals surface area contributed by atoms with Crippen molar-refractivity contribution in [3.63, 3.8) is 0 Å². The summed E-state index contributed by atoms with van der Waals surface area (Å²) in [6.07, 6.45) is 0.187. The molecule has 0 saturated carbocycles. The molecule has 2 aromatic heterocycles. The molecule has 4 aromatic rings. The lowest BCUT2D eigenvalue weighted by atomic mass is 10.1. The van der Waals surface area contributed by atoms with E-state index < -0.39 is 5.97 Å². The largest absolute Gasteiger partial charge is 0.462 e. The molecular formula is C23H18O5S. The van der Waals surface area contributed by atoms with Crippen LogP contribution in [0.3, 0.4) is 0 Å². The molecule has 5 nitrogen and oxygen atoms in total. The first-order chi connectivity index (χ1) is 14.2. The summed E-state index contributed by atoms with van der Waals surface area (Å²) < 4.78 is 16.7. The smallest absolute Gasteiger partial charge is 0.342 e. The fraction of sp³-hybridized carbons (Fsp3) is 0.130. The number of rotatable bonds is 6. The Balaban J connectivity index is 1.72. The van der Waals surface area contributed by atoms with Crippen molar-refractivity contribution in [2.75, 3.05) is 6.61 Å². The van der Waals surface area contributed by atoms with Crippen molar-refractivity contribution in [3.05, 3.63) is 76.5 Å². The van der Waals surface area contributed by atoms with Gasteiger partial charge in [0.25, 0.3) is 0 Å². The third-order valence-corrected chi connectivity index (χ3v) is 5.07. The Morgan fingerprint density at radius 2 is 1.90 bits per heavy atom. The second kappa shape index (κ2) is 8.32. The lowest BCUT2D eigenvalue weighted by Gasteiger charge is -2.05. The van der Waals surface area contributed by atoms with Gasteiger partial charge in [-0.3, -0.25) is 4.79 Å². The number of esters is 2. The van der Waals surface area contributed by atoms with Crippen LogP contribution in [0.5, 0.6) is 5.75 Å². The Bertz CT molecular complexity index is 1140. The molecule has 0 aliphatic rings. The van der Waals surface area contributed by atoms with E-state index in [0.29, 0.717) is 28.0 Å². The molecule has 0 fully saturated rings. The highest BCUT2D eigenvalue weighted by atomic mass is 32.1. The predicted molar refractivity (Wildman–Crippen MR) is 111 cm³/mol. The van der Waals surface area contributed by atoms with E-state index in [1.165, 1.54) is 11.3 Å². The van der Waals surface area contributed by atoms with E-state index in [0.717, 1.165) is 11.1 Å². The summed E-state index contributed by atoms with van der Waals surface area (Å²) in [4.78, 5) is 24.9. The van der Waals surface area contributed by atoms with Crippen LogP contribution >= 0.6 is 11.3 Å². The summed E-state index contributed by atoms with van der Waals surface area (Å²) >= 11 is 1.53. The molecule has 0 saturated heterocycles. The molecule has 0 amide bonds. The van der Waals surface area contributed by atoms with Crippen LogP contribution in [0.25, 0.3) is 22.3 Å². The van der Waals surface area contributed by atoms with Gasteiger partial charge in [0.2, 0.25) is 0 Å². The van der Waals surface area contributed by atoms with Gasteiger partial charge in [-0.25, -0.2) is 4.79 Å². The fourth-order valence-electron chi connectivity index (χ4n) is 3.07. The Morgan fingerprint density at radius 1 is 1.07 bits per heavy atom. The first-order valence-electron chi connectivity index (χ1n) is 9.16. The summed E-state index contributed by atoms with van der Waals surface area (Å²) in [6.45, 7) is 2.00. The number of fused-ring (bicyclic) bond motifs is 1. The Morgan fingerprint density at radius 3 is 2.62 bits per heavy atom. The van der Waals surface area contributed by atoms with E-state index in [1.807, 2.05) is 47.2 Å². The number of carbonyl (C=O) groups excluding carboxylic acids is 2. The highest BCUT2D eigenvalue weighted by Crippen LogP contribution is 2.36. The Labute approximate surface area is 171 Å². The third kappa shape index (κ3) is 4.07. The van der Waals surface area contributed by atoms with Gasteiger partial charge < -0.3 is 13.9 Å². The SMILES string of the molecule is CCOC(=O)c1c(-c2ccccc2)oc2ccc(OC(=O)Cc3ccsc3)cc12. The molecule has 6 heteroatoms. The number of carbonyl (C=O) groups is 2. The minimum atomic E-state index is -0.480. The molecule has 29 heavy (non-hydrogen) atoms. The monoisotopic (exact) mass is 406 g/mol. The van der Waals surface area contributed by atoms with Crippen molar-refractivity contribution >= 4 is 34.2 Å². The fourth-order valence-corrected chi connectivity index (χ4v) is 3.74. The van der Waals surface area contributed by atoms with Gasteiger partial charge in [0, 0.05) is 10.9 Å². The van der Waals surface area contributed by atoms with Crippen LogP contribution in [0.2, 0.25) is 0 Å². The average Bonchev–Trinajstić information content (AvgIpc) is 3.36. The zero-order chi connectivity index (χ0) is 20.2. The molecule has 4 rings (SSSR count). The van der Waals surface area contributed by atoms with Gasteiger partial charge in [0.05, 0.1) is 13.0 Å². The van der Waals surface area contributed by atoms with Crippen LogP contribution < -0.4 is 4.74 Å². The molecule has 0 N–H and O–H groups in total. The van der Waals surface area contributed by atoms with Crippen LogP contribution in [0.15, 0.2) is 69.8 Å². The van der Waals surface area contributed by atoms with E-state index in [1.54, 1.807) is 25.1 Å². The molecule has 2 heterocycles. The average molecular weight is 406 g/mol. The number of thiophene rings is 1. The molecule has 0 aliphatic carbocycles. The van der Waals surface area contributed by atoms with Crippen molar-refractivity contribution in [1.29, 1.82) is 0 Å². The van der Waals surface area contributed by atoms with Crippen LogP contribution in [0.4, 0.5) is 0 Å². The lowest BCUT2D eigenvalue weighted by molar-refractivity contribution is -0.133. The minimum Gasteiger partial charge on any atom is -0.462 e. The first-order valence-corrected chi connectivity index (χ1v) is 10.1. The summed E-state index contributed by atoms with van der Waals surface area (Å²) in [6, 6.07) is 16.2. The van der Waals surface area contributed by atoms with E-state index in [9.17, 15) is 9.59 Å². The Hall–Kier alpha value is -3.38. The zero-order valence-electron chi connectivity index (χ0n) is 15.7. The third-order valence-electron chi connectivity index (χ3n) is 4.34. The number of benzene rings is 2. The summed E-state index contributed by atoms with van der Waals surface area (Å²) in [5, 5.41) is 4.37. The lowest BCUT2D eigenvalue weighted by Crippen LogP contribution is -2.10. The predicted octanol–water partition coefficient (Wildman–Crippen LogP) is 5.49. The van der Waals surface area contributed by atoms with Gasteiger partial charge in [-0.1, -0.05) is 30.3 Å². The number of hydrogen-bond acceptors (Lipinski definition) is 6. The molecule has 0 radical (unpaired) electrons. The van der Waals surface area contributed by atoms with Crippen LogP contribution in [0.1, 0.15) is 22.8 Å². The van der Waals surface area contributed by atoms with Gasteiger partial charge in [-0.2, -0.15) is 11.3 Å². The summed E-state index contributed by atoms with van der Waals surface area (Å²) in [5.74, 6) is -0.0662. The maximum absolute atomic E-state index is 12.7. The normalized spacial score (nSPS) is 10.8. The Kier molecular flexibility index (Phi) is 5.44. The van der Waals surface area contributed by atoms with Crippen molar-refractivity contribution in [1.82, 2.24) is 0 Å². The number of furan rings is 1. The molecular weight excluding hydrogens is 388 g/mol. The van der Waals surface area contributed by atoms with E-state index in [4.69, 9.17) is 13.9 Å². The van der Waals surface area contributed by atoms with Crippen molar-refractivity contribution in [2.24, 2.45) is 0 Å². The molecule has 0 aliphatic heterocycles. The number of hydrogen-bond donors (Lipinski definition) is 0. The van der Waals surface area contributed by atoms with Gasteiger partial charge in [0.1, 0.15) is 22.7 Å². The van der Waals surface area contributed by atoms with Crippen LogP contribution in [0, 0.1) is 0 Å². The van der Waals surface area contributed by atoms with Crippen LogP contribution in [-0.4, -0.2) is 18.5 Å². The second-order valence-electron chi connectivity index (χ2n) is 6.33. The standard InChI is InChI=1S/C23H18O5S/c1-2-26-23(25)21-18-13-17(27-20(24)12-15-10-11-29-14-15)8-9-19(18)28-22(21)16-6-4-3-5-7-16/h3-11,13-14H,2,12H2,1H3. The molecule has 0 spiro atoms. The molecule has 0 bridgehead atoms. The van der Waals surface area contributed by atoms with Gasteiger partial charge >= 0.3 is 11.9 Å². The summed E-state index contributed by atoms with van der Waals surface area (Å²) in [5.41, 5.74) is 2.51. The van der Waals surface area contributed by atoms with Crippen molar-refractivity contribution in [3.8, 4) is 17.1 Å². The van der Waals surface area contributed by atoms with Crippen molar-refractivity contribution in [2.45, 2.75) is 13.3 Å². The van der Waals surface area contributed by atoms with E-state index in [2.05, 4.69) is 0 Å². The zero-order valence-corrected chi connectivity index (χ0v) is 16.5. The van der Waals surface area contributed by atoms with Gasteiger partial charge in [-0.05, 0) is 47.5 Å². The molecule has 0 atom stereocenters. The maximum atomic E-state index is 12.7. The topological polar surface area (TPSA) is 65.7 Å². The minimum absolute atomic E-state index is 0.187. The second-order valence-corrected chi connectivity index (χ2v) is 7.11. The molecule has 2 aromatic carbocycles. The van der Waals surface area contributed by atoms with Crippen molar-refractivity contribution < 1.29 is 23.5 Å². The van der Waals surface area contributed by atoms with E-state index in [-0.39, 0.29) is 19.0 Å². The van der Waals surface area contributed by atoms with Gasteiger partial charge in [-0.15, -0.1) is 0 Å². The highest BCUT2D eigenvalue weighted by Gasteiger charge is 2.24. The first kappa shape index (κ1) is 19.0. The molecule has 146 valence electrons. The molecule has 0 unspecified atom stereocenters. The highest BCUT2D eigenvalue weighted by molar-refractivity contribution is 7.08. The summed E-state index contributed by atoms with van der Waals surface area (Å²) in [7, 11) is 0. The number of ether oxygens (including phenoxy) is 2. The van der Waals surface area contributed by atoms with Gasteiger partial charge in [0.15, 0.2) is 0 Å². The van der Waals surface area contributed by atoms with E-state index >= 15 is 0 Å².